The molecule has 0 fully saturated rings. The van der Waals surface area contributed by atoms with Crippen molar-refractivity contribution < 1.29 is 9.53 Å². The summed E-state index contributed by atoms with van der Waals surface area (Å²) < 4.78 is 5.09. The molecule has 114 valence electrons. The Bertz CT molecular complexity index is 644. The molecule has 3 rings (SSSR count). The van der Waals surface area contributed by atoms with Gasteiger partial charge in [-0.05, 0) is 31.2 Å². The molecule has 2 aromatic carbocycles. The van der Waals surface area contributed by atoms with E-state index in [1.807, 2.05) is 55.5 Å². The Labute approximate surface area is 134 Å². The summed E-state index contributed by atoms with van der Waals surface area (Å²) in [6.45, 7) is 2.41. The largest absolute Gasteiger partial charge is 0.383 e. The zero-order valence-corrected chi connectivity index (χ0v) is 13.4. The SMILES string of the molecule is COCC(C)NC(=O)N1c2ccccc2Sc2ccccc21. The van der Waals surface area contributed by atoms with Crippen LogP contribution < -0.4 is 10.2 Å². The minimum Gasteiger partial charge on any atom is -0.383 e. The summed E-state index contributed by atoms with van der Waals surface area (Å²) in [5.74, 6) is 0. The smallest absolute Gasteiger partial charge is 0.326 e. The van der Waals surface area contributed by atoms with Gasteiger partial charge in [0, 0.05) is 16.9 Å². The monoisotopic (exact) mass is 314 g/mol. The predicted octanol–water partition coefficient (Wildman–Crippen LogP) is 4.03. The van der Waals surface area contributed by atoms with Gasteiger partial charge in [-0.15, -0.1) is 0 Å². The van der Waals surface area contributed by atoms with Gasteiger partial charge in [0.25, 0.3) is 0 Å². The van der Waals surface area contributed by atoms with Crippen molar-refractivity contribution in [3.8, 4) is 0 Å². The Hall–Kier alpha value is -1.98. The van der Waals surface area contributed by atoms with E-state index in [0.717, 1.165) is 21.2 Å². The topological polar surface area (TPSA) is 41.6 Å². The van der Waals surface area contributed by atoms with Crippen LogP contribution in [-0.2, 0) is 4.74 Å². The molecule has 1 unspecified atom stereocenters. The minimum absolute atomic E-state index is 0.0496. The highest BCUT2D eigenvalue weighted by Gasteiger charge is 2.28. The van der Waals surface area contributed by atoms with Crippen molar-refractivity contribution in [1.29, 1.82) is 0 Å². The van der Waals surface area contributed by atoms with Gasteiger partial charge in [-0.1, -0.05) is 36.0 Å². The lowest BCUT2D eigenvalue weighted by atomic mass is 10.2. The molecule has 1 aliphatic heterocycles. The van der Waals surface area contributed by atoms with Gasteiger partial charge in [0.2, 0.25) is 0 Å². The van der Waals surface area contributed by atoms with E-state index in [0.29, 0.717) is 6.61 Å². The van der Waals surface area contributed by atoms with E-state index < -0.39 is 0 Å². The average Bonchev–Trinajstić information content (AvgIpc) is 2.52. The molecule has 0 radical (unpaired) electrons. The fourth-order valence-corrected chi connectivity index (χ4v) is 3.55. The molecule has 0 bridgehead atoms. The fourth-order valence-electron chi connectivity index (χ4n) is 2.49. The van der Waals surface area contributed by atoms with Crippen LogP contribution in [0.2, 0.25) is 0 Å². The van der Waals surface area contributed by atoms with Crippen LogP contribution >= 0.6 is 11.8 Å². The average molecular weight is 314 g/mol. The Morgan fingerprint density at radius 1 is 1.14 bits per heavy atom. The third-order valence-electron chi connectivity index (χ3n) is 3.42. The van der Waals surface area contributed by atoms with Gasteiger partial charge < -0.3 is 10.1 Å². The quantitative estimate of drug-likeness (QED) is 0.930. The van der Waals surface area contributed by atoms with Crippen LogP contribution in [0.5, 0.6) is 0 Å². The lowest BCUT2D eigenvalue weighted by Gasteiger charge is -2.31. The second kappa shape index (κ2) is 6.42. The zero-order valence-electron chi connectivity index (χ0n) is 12.6. The molecule has 4 nitrogen and oxygen atoms in total. The molecule has 0 aliphatic carbocycles. The van der Waals surface area contributed by atoms with Gasteiger partial charge in [0.15, 0.2) is 0 Å². The van der Waals surface area contributed by atoms with E-state index in [4.69, 9.17) is 4.74 Å². The zero-order chi connectivity index (χ0) is 15.5. The molecule has 1 atom stereocenters. The molecule has 0 saturated carbocycles. The standard InChI is InChI=1S/C17H18N2O2S/c1-12(11-21-2)18-17(20)19-13-7-3-5-9-15(13)22-16-10-6-4-8-14(16)19/h3-10,12H,11H2,1-2H3,(H,18,20). The summed E-state index contributed by atoms with van der Waals surface area (Å²) >= 11 is 1.69. The first-order valence-corrected chi connectivity index (χ1v) is 7.98. The maximum absolute atomic E-state index is 12.8. The summed E-state index contributed by atoms with van der Waals surface area (Å²) in [4.78, 5) is 16.7. The number of benzene rings is 2. The first-order chi connectivity index (χ1) is 10.7. The second-order valence-corrected chi connectivity index (χ2v) is 6.26. The summed E-state index contributed by atoms with van der Waals surface area (Å²) in [7, 11) is 1.63. The van der Waals surface area contributed by atoms with Gasteiger partial charge >= 0.3 is 6.03 Å². The number of urea groups is 1. The first kappa shape index (κ1) is 14.9. The third-order valence-corrected chi connectivity index (χ3v) is 4.55. The lowest BCUT2D eigenvalue weighted by Crippen LogP contribution is -2.44. The van der Waals surface area contributed by atoms with Gasteiger partial charge in [-0.2, -0.15) is 0 Å². The van der Waals surface area contributed by atoms with Crippen LogP contribution in [0.1, 0.15) is 6.92 Å². The van der Waals surface area contributed by atoms with Crippen molar-refractivity contribution in [2.24, 2.45) is 0 Å². The highest BCUT2D eigenvalue weighted by Crippen LogP contribution is 2.47. The van der Waals surface area contributed by atoms with Crippen molar-refractivity contribution in [3.63, 3.8) is 0 Å². The van der Waals surface area contributed by atoms with E-state index in [1.54, 1.807) is 23.8 Å². The number of hydrogen-bond acceptors (Lipinski definition) is 3. The number of hydrogen-bond donors (Lipinski definition) is 1. The number of para-hydroxylation sites is 2. The highest BCUT2D eigenvalue weighted by molar-refractivity contribution is 7.99. The third kappa shape index (κ3) is 2.82. The van der Waals surface area contributed by atoms with Gasteiger partial charge in [0.1, 0.15) is 0 Å². The van der Waals surface area contributed by atoms with E-state index in [1.165, 1.54) is 0 Å². The number of nitrogens with one attached hydrogen (secondary N) is 1. The lowest BCUT2D eigenvalue weighted by molar-refractivity contribution is 0.172. The van der Waals surface area contributed by atoms with Crippen molar-refractivity contribution in [1.82, 2.24) is 5.32 Å². The Morgan fingerprint density at radius 3 is 2.23 bits per heavy atom. The molecule has 0 spiro atoms. The van der Waals surface area contributed by atoms with Crippen LogP contribution in [0.25, 0.3) is 0 Å². The van der Waals surface area contributed by atoms with E-state index in [-0.39, 0.29) is 12.1 Å². The van der Waals surface area contributed by atoms with E-state index in [9.17, 15) is 4.79 Å². The number of carbonyl (C=O) groups is 1. The summed E-state index contributed by atoms with van der Waals surface area (Å²) in [6, 6.07) is 15.7. The summed E-state index contributed by atoms with van der Waals surface area (Å²) in [5, 5.41) is 2.99. The normalized spacial score (nSPS) is 14.0. The van der Waals surface area contributed by atoms with Crippen LogP contribution in [0.3, 0.4) is 0 Å². The molecular weight excluding hydrogens is 296 g/mol. The van der Waals surface area contributed by atoms with Crippen molar-refractivity contribution in [2.75, 3.05) is 18.6 Å². The molecule has 2 amide bonds. The molecule has 5 heteroatoms. The van der Waals surface area contributed by atoms with Gasteiger partial charge in [-0.25, -0.2) is 4.79 Å². The van der Waals surface area contributed by atoms with Crippen LogP contribution in [0.4, 0.5) is 16.2 Å². The summed E-state index contributed by atoms with van der Waals surface area (Å²) in [6.07, 6.45) is 0. The summed E-state index contributed by atoms with van der Waals surface area (Å²) in [5.41, 5.74) is 1.82. The van der Waals surface area contributed by atoms with Crippen LogP contribution in [0.15, 0.2) is 58.3 Å². The Kier molecular flexibility index (Phi) is 4.36. The molecule has 0 saturated heterocycles. The molecule has 1 N–H and O–H groups in total. The number of ether oxygens (including phenoxy) is 1. The molecule has 1 heterocycles. The van der Waals surface area contributed by atoms with Gasteiger partial charge in [-0.3, -0.25) is 4.90 Å². The van der Waals surface area contributed by atoms with Crippen LogP contribution in [-0.4, -0.2) is 25.8 Å². The number of anilines is 2. The second-order valence-electron chi connectivity index (χ2n) is 5.18. The number of methoxy groups -OCH3 is 1. The molecule has 2 aromatic rings. The molecule has 0 aromatic heterocycles. The predicted molar refractivity (Wildman–Crippen MR) is 89.0 cm³/mol. The maximum atomic E-state index is 12.8. The van der Waals surface area contributed by atoms with Crippen molar-refractivity contribution >= 4 is 29.2 Å². The Morgan fingerprint density at radius 2 is 1.68 bits per heavy atom. The van der Waals surface area contributed by atoms with Crippen molar-refractivity contribution in [3.05, 3.63) is 48.5 Å². The number of fused-ring (bicyclic) bond motifs is 2. The first-order valence-electron chi connectivity index (χ1n) is 7.16. The van der Waals surface area contributed by atoms with Crippen molar-refractivity contribution in [2.45, 2.75) is 22.8 Å². The van der Waals surface area contributed by atoms with E-state index >= 15 is 0 Å². The fraction of sp³-hybridized carbons (Fsp3) is 0.235. The molecule has 1 aliphatic rings. The minimum atomic E-state index is -0.134. The molecule has 22 heavy (non-hydrogen) atoms. The maximum Gasteiger partial charge on any atom is 0.326 e. The Balaban J connectivity index is 1.97. The number of amides is 2. The number of carbonyl (C=O) groups excluding carboxylic acids is 1. The van der Waals surface area contributed by atoms with E-state index in [2.05, 4.69) is 5.32 Å². The van der Waals surface area contributed by atoms with Gasteiger partial charge in [0.05, 0.1) is 24.0 Å². The number of rotatable bonds is 3. The molecular formula is C17H18N2O2S. The highest BCUT2D eigenvalue weighted by atomic mass is 32.2. The van der Waals surface area contributed by atoms with Crippen LogP contribution in [0, 0.1) is 0 Å². The number of nitrogens with zero attached hydrogens (tertiary/aromatic N) is 1.